The standard InChI is InChI=1S/C21H25NO5S2/c1-21(16-10-4-9-15-20(21)23)17-22(28(24,25)18-11-5-2-6-12-18)29(26,27)19-13-7-3-8-14-19/h2-3,5-8,11-14H,4,9-10,15-17H2,1H3. The lowest BCUT2D eigenvalue weighted by molar-refractivity contribution is -0.127. The van der Waals surface area contributed by atoms with Gasteiger partial charge in [0.25, 0.3) is 20.0 Å². The Labute approximate surface area is 172 Å². The first-order chi connectivity index (χ1) is 13.7. The number of hydrogen-bond acceptors (Lipinski definition) is 5. The molecule has 3 rings (SSSR count). The quantitative estimate of drug-likeness (QED) is 0.647. The maximum absolute atomic E-state index is 13.4. The van der Waals surface area contributed by atoms with Crippen LogP contribution in [-0.2, 0) is 24.8 Å². The third kappa shape index (κ3) is 4.44. The number of Topliss-reactive ketones (excluding diaryl/α,β-unsaturated/α-hetero) is 1. The third-order valence-electron chi connectivity index (χ3n) is 5.40. The van der Waals surface area contributed by atoms with Gasteiger partial charge in [0.05, 0.1) is 9.79 Å². The molecule has 0 radical (unpaired) electrons. The SMILES string of the molecule is CC1(CN(S(=O)(=O)c2ccccc2)S(=O)(=O)c2ccccc2)CCCCCC1=O. The van der Waals surface area contributed by atoms with Crippen LogP contribution in [0.25, 0.3) is 0 Å². The molecule has 0 aliphatic heterocycles. The number of ketones is 1. The first kappa shape index (κ1) is 21.7. The van der Waals surface area contributed by atoms with Gasteiger partial charge in [-0.2, -0.15) is 0 Å². The topological polar surface area (TPSA) is 88.6 Å². The zero-order valence-electron chi connectivity index (χ0n) is 16.3. The van der Waals surface area contributed by atoms with Crippen LogP contribution in [0.15, 0.2) is 70.5 Å². The monoisotopic (exact) mass is 435 g/mol. The van der Waals surface area contributed by atoms with Crippen molar-refractivity contribution in [2.45, 2.75) is 48.8 Å². The number of rotatable bonds is 6. The molecule has 1 fully saturated rings. The largest absolute Gasteiger partial charge is 0.299 e. The molecule has 0 aromatic heterocycles. The molecule has 1 aliphatic rings. The molecule has 0 bridgehead atoms. The highest BCUT2D eigenvalue weighted by molar-refractivity contribution is 8.04. The summed E-state index contributed by atoms with van der Waals surface area (Å²) in [6, 6.07) is 14.9. The molecular weight excluding hydrogens is 410 g/mol. The van der Waals surface area contributed by atoms with Crippen LogP contribution in [0.1, 0.15) is 39.0 Å². The van der Waals surface area contributed by atoms with Gasteiger partial charge in [0, 0.05) is 18.4 Å². The highest BCUT2D eigenvalue weighted by atomic mass is 32.3. The van der Waals surface area contributed by atoms with Crippen molar-refractivity contribution >= 4 is 25.8 Å². The van der Waals surface area contributed by atoms with Crippen molar-refractivity contribution in [1.82, 2.24) is 3.71 Å². The predicted molar refractivity (Wildman–Crippen MR) is 110 cm³/mol. The maximum atomic E-state index is 13.4. The van der Waals surface area contributed by atoms with Gasteiger partial charge < -0.3 is 0 Å². The Morgan fingerprint density at radius 1 is 0.793 bits per heavy atom. The number of sulfonamides is 2. The second-order valence-electron chi connectivity index (χ2n) is 7.61. The van der Waals surface area contributed by atoms with Crippen LogP contribution in [0.2, 0.25) is 0 Å². The summed E-state index contributed by atoms with van der Waals surface area (Å²) in [5.41, 5.74) is -1.06. The average Bonchev–Trinajstić information content (AvgIpc) is 2.88. The molecule has 8 heteroatoms. The third-order valence-corrected chi connectivity index (χ3v) is 9.65. The highest BCUT2D eigenvalue weighted by Crippen LogP contribution is 2.36. The van der Waals surface area contributed by atoms with Crippen molar-refractivity contribution in [3.8, 4) is 0 Å². The van der Waals surface area contributed by atoms with E-state index in [0.29, 0.717) is 16.6 Å². The van der Waals surface area contributed by atoms with Crippen molar-refractivity contribution in [3.05, 3.63) is 60.7 Å². The lowest BCUT2D eigenvalue weighted by Gasteiger charge is -2.32. The van der Waals surface area contributed by atoms with Crippen LogP contribution >= 0.6 is 0 Å². The highest BCUT2D eigenvalue weighted by Gasteiger charge is 2.44. The number of carbonyl (C=O) groups excluding carboxylic acids is 1. The molecule has 1 aliphatic carbocycles. The van der Waals surface area contributed by atoms with E-state index < -0.39 is 32.0 Å². The molecule has 0 spiro atoms. The Bertz CT molecular complexity index is 997. The number of nitrogens with zero attached hydrogens (tertiary/aromatic N) is 1. The normalized spacial score (nSPS) is 21.1. The molecule has 156 valence electrons. The van der Waals surface area contributed by atoms with E-state index in [2.05, 4.69) is 0 Å². The van der Waals surface area contributed by atoms with Crippen molar-refractivity contribution in [1.29, 1.82) is 0 Å². The molecule has 1 saturated carbocycles. The Morgan fingerprint density at radius 2 is 1.28 bits per heavy atom. The van der Waals surface area contributed by atoms with Crippen LogP contribution < -0.4 is 0 Å². The minimum Gasteiger partial charge on any atom is -0.299 e. The summed E-state index contributed by atoms with van der Waals surface area (Å²) in [6.45, 7) is 1.27. The van der Waals surface area contributed by atoms with E-state index in [0.717, 1.165) is 19.3 Å². The fourth-order valence-corrected chi connectivity index (χ4v) is 7.52. The minimum absolute atomic E-state index is 0.0912. The first-order valence-electron chi connectivity index (χ1n) is 9.59. The molecule has 2 aromatic rings. The summed E-state index contributed by atoms with van der Waals surface area (Å²) < 4.78 is 54.1. The molecule has 1 atom stereocenters. The molecule has 0 saturated heterocycles. The fourth-order valence-electron chi connectivity index (χ4n) is 3.59. The van der Waals surface area contributed by atoms with Gasteiger partial charge >= 0.3 is 0 Å². The van der Waals surface area contributed by atoms with Gasteiger partial charge in [-0.3, -0.25) is 4.79 Å². The molecule has 29 heavy (non-hydrogen) atoms. The second kappa shape index (κ2) is 8.38. The van der Waals surface area contributed by atoms with Gasteiger partial charge in [0.15, 0.2) is 0 Å². The van der Waals surface area contributed by atoms with Crippen molar-refractivity contribution in [2.75, 3.05) is 6.54 Å². The van der Waals surface area contributed by atoms with E-state index in [1.165, 1.54) is 24.3 Å². The zero-order chi connectivity index (χ0) is 21.1. The van der Waals surface area contributed by atoms with Gasteiger partial charge in [0.1, 0.15) is 5.78 Å². The van der Waals surface area contributed by atoms with E-state index in [1.807, 2.05) is 0 Å². The van der Waals surface area contributed by atoms with E-state index in [4.69, 9.17) is 0 Å². The Morgan fingerprint density at radius 3 is 1.76 bits per heavy atom. The van der Waals surface area contributed by atoms with Crippen LogP contribution in [0.3, 0.4) is 0 Å². The van der Waals surface area contributed by atoms with Gasteiger partial charge in [-0.25, -0.2) is 16.8 Å². The fraction of sp³-hybridized carbons (Fsp3) is 0.381. The summed E-state index contributed by atoms with van der Waals surface area (Å²) in [5.74, 6) is -0.0912. The summed E-state index contributed by atoms with van der Waals surface area (Å²) >= 11 is 0. The predicted octanol–water partition coefficient (Wildman–Crippen LogP) is 3.61. The molecule has 0 heterocycles. The van der Waals surface area contributed by atoms with E-state index in [1.54, 1.807) is 43.3 Å². The molecule has 1 unspecified atom stereocenters. The van der Waals surface area contributed by atoms with Crippen molar-refractivity contribution in [3.63, 3.8) is 0 Å². The molecule has 2 aromatic carbocycles. The maximum Gasteiger partial charge on any atom is 0.256 e. The van der Waals surface area contributed by atoms with Crippen LogP contribution in [0.5, 0.6) is 0 Å². The Kier molecular flexibility index (Phi) is 6.26. The lowest BCUT2D eigenvalue weighted by Crippen LogP contribution is -2.46. The molecule has 6 nitrogen and oxygen atoms in total. The molecule has 0 N–H and O–H groups in total. The molecular formula is C21H25NO5S2. The zero-order valence-corrected chi connectivity index (χ0v) is 18.0. The Balaban J connectivity index is 2.13. The van der Waals surface area contributed by atoms with Crippen LogP contribution in [-0.4, -0.2) is 32.9 Å². The van der Waals surface area contributed by atoms with Gasteiger partial charge in [0.2, 0.25) is 0 Å². The summed E-state index contributed by atoms with van der Waals surface area (Å²) in [5, 5.41) is 0. The Hall–Kier alpha value is -2.03. The second-order valence-corrected chi connectivity index (χ2v) is 11.6. The van der Waals surface area contributed by atoms with Crippen LogP contribution in [0, 0.1) is 5.41 Å². The summed E-state index contributed by atoms with van der Waals surface area (Å²) in [7, 11) is -8.77. The van der Waals surface area contributed by atoms with E-state index in [9.17, 15) is 21.6 Å². The summed E-state index contributed by atoms with van der Waals surface area (Å²) in [6.07, 6.45) is 3.16. The van der Waals surface area contributed by atoms with E-state index in [-0.39, 0.29) is 15.6 Å². The smallest absolute Gasteiger partial charge is 0.256 e. The van der Waals surface area contributed by atoms with E-state index >= 15 is 0 Å². The van der Waals surface area contributed by atoms with Crippen molar-refractivity contribution < 1.29 is 21.6 Å². The van der Waals surface area contributed by atoms with Gasteiger partial charge in [-0.15, -0.1) is 0 Å². The van der Waals surface area contributed by atoms with Crippen molar-refractivity contribution in [2.24, 2.45) is 5.41 Å². The van der Waals surface area contributed by atoms with Crippen LogP contribution in [0.4, 0.5) is 0 Å². The molecule has 0 amide bonds. The summed E-state index contributed by atoms with van der Waals surface area (Å²) in [4.78, 5) is 12.5. The first-order valence-corrected chi connectivity index (χ1v) is 12.5. The lowest BCUT2D eigenvalue weighted by atomic mass is 9.81. The number of hydrogen-bond donors (Lipinski definition) is 0. The average molecular weight is 436 g/mol. The number of carbonyl (C=O) groups is 1. The number of benzene rings is 2. The van der Waals surface area contributed by atoms with Gasteiger partial charge in [-0.1, -0.05) is 59.9 Å². The van der Waals surface area contributed by atoms with Gasteiger partial charge in [-0.05, 0) is 37.1 Å². The minimum atomic E-state index is -4.39.